The highest BCUT2D eigenvalue weighted by Crippen LogP contribution is 2.60. The highest BCUT2D eigenvalue weighted by atomic mass is 16.5. The van der Waals surface area contributed by atoms with Gasteiger partial charge in [0.25, 0.3) is 0 Å². The van der Waals surface area contributed by atoms with Gasteiger partial charge in [-0.3, -0.25) is 4.79 Å². The number of hydrogen-bond acceptors (Lipinski definition) is 4. The second-order valence-corrected chi connectivity index (χ2v) is 9.33. The van der Waals surface area contributed by atoms with Gasteiger partial charge in [0.1, 0.15) is 11.3 Å². The number of carboxylic acids is 1. The number of benzene rings is 1. The fourth-order valence-corrected chi connectivity index (χ4v) is 6.40. The van der Waals surface area contributed by atoms with Crippen LogP contribution >= 0.6 is 0 Å². The van der Waals surface area contributed by atoms with Crippen LogP contribution in [0.3, 0.4) is 0 Å². The lowest BCUT2D eigenvalue weighted by atomic mass is 9.49. The third kappa shape index (κ3) is 3.05. The molecule has 6 rings (SSSR count). The summed E-state index contributed by atoms with van der Waals surface area (Å²) in [5.41, 5.74) is 0.715. The van der Waals surface area contributed by atoms with Crippen LogP contribution in [-0.2, 0) is 4.79 Å². The molecule has 4 aliphatic rings. The van der Waals surface area contributed by atoms with Crippen LogP contribution in [0.1, 0.15) is 67.6 Å². The molecule has 4 saturated carbocycles. The van der Waals surface area contributed by atoms with Crippen LogP contribution in [0.25, 0.3) is 11.3 Å². The number of nitrogens with one attached hydrogen (secondary N) is 1. The number of carbonyl (C=O) groups excluding carboxylic acids is 1. The Labute approximate surface area is 169 Å². The molecule has 1 amide bonds. The Morgan fingerprint density at radius 1 is 1.10 bits per heavy atom. The minimum absolute atomic E-state index is 0.0227. The molecule has 29 heavy (non-hydrogen) atoms. The van der Waals surface area contributed by atoms with Crippen molar-refractivity contribution >= 4 is 11.9 Å². The van der Waals surface area contributed by atoms with Crippen LogP contribution in [0.4, 0.5) is 0 Å². The van der Waals surface area contributed by atoms with E-state index in [2.05, 4.69) is 10.5 Å². The van der Waals surface area contributed by atoms with Crippen molar-refractivity contribution < 1.29 is 19.2 Å². The molecule has 0 radical (unpaired) electrons. The number of hydrogen-bond donors (Lipinski definition) is 2. The summed E-state index contributed by atoms with van der Waals surface area (Å²) < 4.78 is 5.45. The molecule has 4 fully saturated rings. The summed E-state index contributed by atoms with van der Waals surface area (Å²) in [7, 11) is 0. The molecule has 1 aromatic heterocycles. The summed E-state index contributed by atoms with van der Waals surface area (Å²) >= 11 is 0. The van der Waals surface area contributed by atoms with Gasteiger partial charge in [0.15, 0.2) is 5.76 Å². The summed E-state index contributed by atoms with van der Waals surface area (Å²) in [6, 6.07) is 8.56. The Morgan fingerprint density at radius 2 is 1.69 bits per heavy atom. The van der Waals surface area contributed by atoms with Crippen molar-refractivity contribution in [2.24, 2.45) is 23.2 Å². The Bertz CT molecular complexity index is 914. The first kappa shape index (κ1) is 18.4. The fourth-order valence-electron chi connectivity index (χ4n) is 6.40. The maximum absolute atomic E-state index is 13.3. The van der Waals surface area contributed by atoms with Crippen molar-refractivity contribution in [3.63, 3.8) is 0 Å². The normalized spacial score (nSPS) is 30.9. The van der Waals surface area contributed by atoms with Crippen LogP contribution in [0, 0.1) is 23.2 Å². The minimum Gasteiger partial charge on any atom is -0.477 e. The van der Waals surface area contributed by atoms with Gasteiger partial charge in [0.05, 0.1) is 6.04 Å². The van der Waals surface area contributed by atoms with Gasteiger partial charge in [-0.1, -0.05) is 35.5 Å². The Morgan fingerprint density at radius 3 is 2.24 bits per heavy atom. The van der Waals surface area contributed by atoms with Crippen LogP contribution in [0.15, 0.2) is 34.9 Å². The lowest BCUT2D eigenvalue weighted by molar-refractivity contribution is -0.147. The molecule has 6 nitrogen and oxygen atoms in total. The summed E-state index contributed by atoms with van der Waals surface area (Å²) in [5.74, 6) is 1.18. The van der Waals surface area contributed by atoms with Gasteiger partial charge < -0.3 is 14.9 Å². The third-order valence-electron chi connectivity index (χ3n) is 7.24. The van der Waals surface area contributed by atoms with Crippen LogP contribution in [-0.4, -0.2) is 22.1 Å². The van der Waals surface area contributed by atoms with Gasteiger partial charge in [-0.15, -0.1) is 0 Å². The van der Waals surface area contributed by atoms with E-state index >= 15 is 0 Å². The molecule has 152 valence electrons. The Hall–Kier alpha value is -2.63. The Kier molecular flexibility index (Phi) is 4.26. The van der Waals surface area contributed by atoms with Crippen LogP contribution in [0.5, 0.6) is 0 Å². The first-order valence-electron chi connectivity index (χ1n) is 10.5. The summed E-state index contributed by atoms with van der Waals surface area (Å²) in [4.78, 5) is 25.3. The topological polar surface area (TPSA) is 92.4 Å². The van der Waals surface area contributed by atoms with E-state index in [-0.39, 0.29) is 22.6 Å². The highest BCUT2D eigenvalue weighted by Gasteiger charge is 2.54. The van der Waals surface area contributed by atoms with Crippen LogP contribution < -0.4 is 5.32 Å². The number of rotatable bonds is 5. The molecule has 1 atom stereocenters. The first-order chi connectivity index (χ1) is 13.9. The number of nitrogens with zero attached hydrogens (tertiary/aromatic N) is 1. The van der Waals surface area contributed by atoms with E-state index in [9.17, 15) is 14.7 Å². The van der Waals surface area contributed by atoms with E-state index in [1.165, 1.54) is 19.3 Å². The molecule has 4 bridgehead atoms. The Balaban J connectivity index is 1.40. The number of amides is 1. The van der Waals surface area contributed by atoms with Crippen molar-refractivity contribution in [2.75, 3.05) is 0 Å². The van der Waals surface area contributed by atoms with E-state index in [4.69, 9.17) is 4.52 Å². The lowest BCUT2D eigenvalue weighted by Gasteiger charge is -2.55. The van der Waals surface area contributed by atoms with Crippen molar-refractivity contribution in [2.45, 2.75) is 51.5 Å². The van der Waals surface area contributed by atoms with E-state index in [0.717, 1.165) is 19.3 Å². The minimum atomic E-state index is -1.10. The smallest absolute Gasteiger partial charge is 0.341 e. The molecule has 6 heteroatoms. The zero-order chi connectivity index (χ0) is 20.2. The molecule has 2 N–H and O–H groups in total. The summed E-state index contributed by atoms with van der Waals surface area (Å²) in [6.07, 6.45) is 6.72. The highest BCUT2D eigenvalue weighted by molar-refractivity contribution is 5.96. The molecular weight excluding hydrogens is 368 g/mol. The molecule has 0 spiro atoms. The SMILES string of the molecule is C[C@@H](NC(=O)C12CC3CC(CC(C3)C1)C2)c1onc(-c2ccccc2)c1C(=O)O. The average molecular weight is 394 g/mol. The van der Waals surface area contributed by atoms with Crippen molar-refractivity contribution in [3.05, 3.63) is 41.7 Å². The van der Waals surface area contributed by atoms with Gasteiger partial charge in [0.2, 0.25) is 5.91 Å². The van der Waals surface area contributed by atoms with Crippen molar-refractivity contribution in [1.82, 2.24) is 10.5 Å². The molecule has 0 saturated heterocycles. The van der Waals surface area contributed by atoms with Gasteiger partial charge in [0, 0.05) is 11.0 Å². The quantitative estimate of drug-likeness (QED) is 0.782. The van der Waals surface area contributed by atoms with Gasteiger partial charge in [-0.05, 0) is 63.2 Å². The largest absolute Gasteiger partial charge is 0.477 e. The maximum atomic E-state index is 13.3. The second-order valence-electron chi connectivity index (χ2n) is 9.33. The number of carboxylic acid groups (broad SMARTS) is 1. The standard InChI is InChI=1S/C23H26N2O4/c1-13(20-18(21(26)27)19(25-29-20)17-5-3-2-4-6-17)24-22(28)23-10-14-7-15(11-23)9-16(8-14)12-23/h2-6,13-16H,7-12H2,1H3,(H,24,28)(H,26,27)/t13-,14?,15?,16?,23?/m1/s1. The number of aromatic carboxylic acids is 1. The average Bonchev–Trinajstić information content (AvgIpc) is 3.13. The second kappa shape index (κ2) is 6.71. The molecule has 1 heterocycles. The summed E-state index contributed by atoms with van der Waals surface area (Å²) in [6.45, 7) is 1.78. The fraction of sp³-hybridized carbons (Fsp3) is 0.522. The monoisotopic (exact) mass is 394 g/mol. The molecule has 1 aromatic carbocycles. The molecule has 2 aromatic rings. The van der Waals surface area contributed by atoms with Gasteiger partial charge in [-0.25, -0.2) is 4.79 Å². The number of aromatic nitrogens is 1. The van der Waals surface area contributed by atoms with Crippen molar-refractivity contribution in [1.29, 1.82) is 0 Å². The van der Waals surface area contributed by atoms with Gasteiger partial charge in [-0.2, -0.15) is 0 Å². The molecular formula is C23H26N2O4. The van der Waals surface area contributed by atoms with E-state index in [1.807, 2.05) is 18.2 Å². The van der Waals surface area contributed by atoms with Gasteiger partial charge >= 0.3 is 5.97 Å². The predicted octanol–water partition coefficient (Wildman–Crippen LogP) is 4.43. The molecule has 0 unspecified atom stereocenters. The van der Waals surface area contributed by atoms with Crippen LogP contribution in [0.2, 0.25) is 0 Å². The third-order valence-corrected chi connectivity index (χ3v) is 7.24. The first-order valence-corrected chi connectivity index (χ1v) is 10.5. The van der Waals surface area contributed by atoms with E-state index in [0.29, 0.717) is 29.0 Å². The zero-order valence-corrected chi connectivity index (χ0v) is 16.6. The molecule has 0 aliphatic heterocycles. The van der Waals surface area contributed by atoms with E-state index < -0.39 is 12.0 Å². The summed E-state index contributed by atoms with van der Waals surface area (Å²) in [5, 5.41) is 16.9. The lowest BCUT2D eigenvalue weighted by Crippen LogP contribution is -2.53. The molecule has 4 aliphatic carbocycles. The van der Waals surface area contributed by atoms with E-state index in [1.54, 1.807) is 19.1 Å². The zero-order valence-electron chi connectivity index (χ0n) is 16.6. The number of carbonyl (C=O) groups is 2. The predicted molar refractivity (Wildman–Crippen MR) is 106 cm³/mol. The maximum Gasteiger partial charge on any atom is 0.341 e. The van der Waals surface area contributed by atoms with Crippen molar-refractivity contribution in [3.8, 4) is 11.3 Å².